The van der Waals surface area contributed by atoms with E-state index in [4.69, 9.17) is 4.74 Å². The van der Waals surface area contributed by atoms with Gasteiger partial charge in [0.15, 0.2) is 0 Å². The molecule has 6 rings (SSSR count). The van der Waals surface area contributed by atoms with E-state index in [1.54, 1.807) is 0 Å². The van der Waals surface area contributed by atoms with Gasteiger partial charge in [0.1, 0.15) is 6.10 Å². The molecule has 5 aliphatic carbocycles. The molecule has 5 aliphatic rings. The maximum absolute atomic E-state index is 13.3. The molecule has 1 aromatic carbocycles. The van der Waals surface area contributed by atoms with Gasteiger partial charge in [-0.25, -0.2) is 4.79 Å². The monoisotopic (exact) mass is 628 g/mol. The van der Waals surface area contributed by atoms with E-state index in [0.29, 0.717) is 24.2 Å². The molecule has 248 valence electrons. The fraction of sp³-hybridized carbons (Fsp3) is 0.737. The third-order valence-electron chi connectivity index (χ3n) is 15.1. The van der Waals surface area contributed by atoms with Gasteiger partial charge in [0.2, 0.25) is 0 Å². The average Bonchev–Trinajstić information content (AvgIpc) is 3.36. The highest BCUT2D eigenvalue weighted by Gasteiger charge is 2.72. The molecule has 0 aliphatic heterocycles. The van der Waals surface area contributed by atoms with Crippen LogP contribution in [0.3, 0.4) is 0 Å². The smallest absolute Gasteiger partial charge is 0.416 e. The summed E-state index contributed by atoms with van der Waals surface area (Å²) in [4.78, 5) is 26.1. The number of benzene rings is 1. The van der Waals surface area contributed by atoms with Crippen LogP contribution in [0.2, 0.25) is 0 Å². The lowest BCUT2D eigenvalue weighted by molar-refractivity contribution is -0.248. The lowest BCUT2D eigenvalue weighted by Crippen LogP contribution is -2.67. The van der Waals surface area contributed by atoms with E-state index < -0.39 is 29.1 Å². The number of aliphatic carboxylic acids is 1. The van der Waals surface area contributed by atoms with Crippen molar-refractivity contribution >= 4 is 11.9 Å². The second-order valence-electron chi connectivity index (χ2n) is 17.0. The second-order valence-corrected chi connectivity index (χ2v) is 17.0. The predicted octanol–water partition coefficient (Wildman–Crippen LogP) is 9.97. The Morgan fingerprint density at radius 3 is 2.24 bits per heavy atom. The van der Waals surface area contributed by atoms with Gasteiger partial charge in [-0.1, -0.05) is 52.8 Å². The van der Waals surface area contributed by atoms with Crippen LogP contribution < -0.4 is 0 Å². The van der Waals surface area contributed by atoms with Crippen LogP contribution in [0.5, 0.6) is 0 Å². The van der Waals surface area contributed by atoms with E-state index in [-0.39, 0.29) is 45.2 Å². The number of halogens is 3. The first-order valence-electron chi connectivity index (χ1n) is 17.1. The minimum Gasteiger partial charge on any atom is -0.481 e. The molecule has 45 heavy (non-hydrogen) atoms. The summed E-state index contributed by atoms with van der Waals surface area (Å²) in [6.07, 6.45) is 4.20. The van der Waals surface area contributed by atoms with E-state index in [0.717, 1.165) is 75.5 Å². The van der Waals surface area contributed by atoms with Crippen molar-refractivity contribution in [2.75, 3.05) is 0 Å². The van der Waals surface area contributed by atoms with Crippen LogP contribution in [-0.4, -0.2) is 23.1 Å². The summed E-state index contributed by atoms with van der Waals surface area (Å²) in [6, 6.07) is 4.52. The number of ether oxygens (including phenoxy) is 1. The number of rotatable bonds is 4. The second kappa shape index (κ2) is 10.3. The van der Waals surface area contributed by atoms with Crippen LogP contribution in [0.4, 0.5) is 13.2 Å². The van der Waals surface area contributed by atoms with Gasteiger partial charge in [-0.3, -0.25) is 4.79 Å². The molecule has 0 heterocycles. The topological polar surface area (TPSA) is 63.6 Å². The van der Waals surface area contributed by atoms with E-state index in [9.17, 15) is 27.9 Å². The van der Waals surface area contributed by atoms with Crippen molar-refractivity contribution in [2.45, 2.75) is 118 Å². The minimum atomic E-state index is -4.52. The number of esters is 1. The molecular weight excluding hydrogens is 577 g/mol. The summed E-state index contributed by atoms with van der Waals surface area (Å²) in [5.74, 6) is 0.214. The Morgan fingerprint density at radius 1 is 0.889 bits per heavy atom. The number of allylic oxidation sites excluding steroid dienone is 1. The van der Waals surface area contributed by atoms with Crippen molar-refractivity contribution in [1.82, 2.24) is 0 Å². The Kier molecular flexibility index (Phi) is 7.50. The summed E-state index contributed by atoms with van der Waals surface area (Å²) in [5.41, 5.74) is -0.644. The van der Waals surface area contributed by atoms with Crippen molar-refractivity contribution in [1.29, 1.82) is 0 Å². The van der Waals surface area contributed by atoms with Gasteiger partial charge in [-0.2, -0.15) is 13.2 Å². The lowest BCUT2D eigenvalue weighted by atomic mass is 9.32. The fourth-order valence-corrected chi connectivity index (χ4v) is 12.7. The summed E-state index contributed by atoms with van der Waals surface area (Å²) < 4.78 is 46.1. The highest BCUT2D eigenvalue weighted by atomic mass is 19.4. The number of hydrogen-bond donors (Lipinski definition) is 1. The molecule has 10 atom stereocenters. The Balaban J connectivity index is 1.27. The molecule has 5 saturated carbocycles. The summed E-state index contributed by atoms with van der Waals surface area (Å²) in [6.45, 7) is 18.3. The van der Waals surface area contributed by atoms with Crippen molar-refractivity contribution in [3.05, 3.63) is 47.5 Å². The van der Waals surface area contributed by atoms with Gasteiger partial charge >= 0.3 is 18.1 Å². The first kappa shape index (κ1) is 32.6. The number of carbonyl (C=O) groups is 2. The Labute approximate surface area is 266 Å². The zero-order valence-electron chi connectivity index (χ0n) is 27.9. The number of carbonyl (C=O) groups excluding carboxylic acids is 1. The summed E-state index contributed by atoms with van der Waals surface area (Å²) in [7, 11) is 0. The van der Waals surface area contributed by atoms with Gasteiger partial charge < -0.3 is 9.84 Å². The maximum Gasteiger partial charge on any atom is 0.416 e. The molecule has 4 unspecified atom stereocenters. The molecule has 0 saturated heterocycles. The predicted molar refractivity (Wildman–Crippen MR) is 167 cm³/mol. The number of carboxylic acid groups (broad SMARTS) is 1. The highest BCUT2D eigenvalue weighted by Crippen LogP contribution is 2.77. The minimum absolute atomic E-state index is 0.0222. The van der Waals surface area contributed by atoms with Crippen molar-refractivity contribution in [3.8, 4) is 0 Å². The van der Waals surface area contributed by atoms with Gasteiger partial charge in [0.05, 0.1) is 16.5 Å². The van der Waals surface area contributed by atoms with E-state index in [1.807, 2.05) is 0 Å². The zero-order valence-corrected chi connectivity index (χ0v) is 27.9. The summed E-state index contributed by atoms with van der Waals surface area (Å²) in [5, 5.41) is 10.6. The van der Waals surface area contributed by atoms with Crippen LogP contribution in [0.1, 0.15) is 122 Å². The van der Waals surface area contributed by atoms with E-state index in [1.165, 1.54) is 12.1 Å². The van der Waals surface area contributed by atoms with Crippen LogP contribution in [0.15, 0.2) is 36.4 Å². The molecule has 0 radical (unpaired) electrons. The van der Waals surface area contributed by atoms with Gasteiger partial charge in [0.25, 0.3) is 0 Å². The fourth-order valence-electron chi connectivity index (χ4n) is 12.7. The molecule has 1 N–H and O–H groups in total. The quantitative estimate of drug-likeness (QED) is 0.266. The molecule has 7 heteroatoms. The van der Waals surface area contributed by atoms with Crippen molar-refractivity contribution in [3.63, 3.8) is 0 Å². The third kappa shape index (κ3) is 4.51. The SMILES string of the molecule is C=C(C)[C@@H]1CC[C@]2(C(=O)O)CC[C@]3(C)C(CCC4[C@@]5(C)CC[C@H](OC(=O)c6cccc(C(F)(F)F)c6)C(C)(C)C5CC[C@]43C)C12. The van der Waals surface area contributed by atoms with E-state index >= 15 is 0 Å². The number of alkyl halides is 3. The van der Waals surface area contributed by atoms with E-state index in [2.05, 4.69) is 48.1 Å². The van der Waals surface area contributed by atoms with Crippen LogP contribution in [0, 0.1) is 56.7 Å². The van der Waals surface area contributed by atoms with Gasteiger partial charge in [0, 0.05) is 5.41 Å². The molecule has 4 nitrogen and oxygen atoms in total. The average molecular weight is 629 g/mol. The first-order valence-corrected chi connectivity index (χ1v) is 17.1. The molecule has 1 aromatic rings. The molecule has 0 aromatic heterocycles. The zero-order chi connectivity index (χ0) is 33.0. The summed E-state index contributed by atoms with van der Waals surface area (Å²) >= 11 is 0. The van der Waals surface area contributed by atoms with Crippen molar-refractivity contribution < 1.29 is 32.6 Å². The van der Waals surface area contributed by atoms with Crippen molar-refractivity contribution in [2.24, 2.45) is 56.7 Å². The molecule has 0 spiro atoms. The molecule has 5 fully saturated rings. The van der Waals surface area contributed by atoms with Gasteiger partial charge in [-0.05, 0) is 135 Å². The molecular formula is C38H51F3O4. The van der Waals surface area contributed by atoms with Crippen LogP contribution >= 0.6 is 0 Å². The molecule has 0 amide bonds. The van der Waals surface area contributed by atoms with Crippen LogP contribution in [-0.2, 0) is 15.7 Å². The first-order chi connectivity index (χ1) is 20.8. The molecule has 0 bridgehead atoms. The highest BCUT2D eigenvalue weighted by molar-refractivity contribution is 5.89. The maximum atomic E-state index is 13.3. The normalized spacial score (nSPS) is 43.7. The third-order valence-corrected chi connectivity index (χ3v) is 15.1. The number of fused-ring (bicyclic) bond motifs is 7. The number of hydrogen-bond acceptors (Lipinski definition) is 3. The standard InChI is InChI=1S/C38H51F3O4/c1-22(2)25-13-18-37(32(43)44)20-19-35(6)26(30(25)37)11-12-28-34(5)16-15-29(33(3,4)27(34)14-17-36(28,35)7)45-31(42)23-9-8-10-24(21-23)38(39,40)41/h8-10,21,25-30H,1,11-20H2,2-7H3,(H,43,44)/t25-,26?,27?,28?,29-,30?,34-,35+,36+,37-/m0/s1. The largest absolute Gasteiger partial charge is 0.481 e. The Morgan fingerprint density at radius 2 is 1.60 bits per heavy atom. The van der Waals surface area contributed by atoms with Crippen LogP contribution in [0.25, 0.3) is 0 Å². The number of carboxylic acids is 1. The Hall–Kier alpha value is -2.31. The Bertz CT molecular complexity index is 1400. The van der Waals surface area contributed by atoms with Gasteiger partial charge in [-0.15, -0.1) is 0 Å². The lowest BCUT2D eigenvalue weighted by Gasteiger charge is -2.72.